The second kappa shape index (κ2) is 5.62. The number of benzene rings is 2. The van der Waals surface area contributed by atoms with E-state index < -0.39 is 17.7 Å². The third kappa shape index (κ3) is 3.00. The van der Waals surface area contributed by atoms with Gasteiger partial charge >= 0.3 is 5.97 Å². The van der Waals surface area contributed by atoms with Gasteiger partial charge in [0.05, 0.1) is 11.3 Å². The molecule has 0 unspecified atom stereocenters. The third-order valence-electron chi connectivity index (χ3n) is 3.05. The molecule has 0 atom stereocenters. The highest BCUT2D eigenvalue weighted by Gasteiger charge is 2.15. The maximum absolute atomic E-state index is 13.4. The van der Waals surface area contributed by atoms with Gasteiger partial charge < -0.3 is 15.7 Å². The van der Waals surface area contributed by atoms with Gasteiger partial charge in [-0.05, 0) is 42.5 Å². The number of nitrogens with two attached hydrogens (primary N) is 1. The van der Waals surface area contributed by atoms with Crippen LogP contribution in [0, 0.1) is 5.82 Å². The van der Waals surface area contributed by atoms with E-state index in [9.17, 15) is 14.0 Å². The minimum absolute atomic E-state index is 0.0278. The Hall–Kier alpha value is -2.89. The fourth-order valence-corrected chi connectivity index (χ4v) is 1.80. The monoisotopic (exact) mass is 288 g/mol. The zero-order valence-electron chi connectivity index (χ0n) is 11.2. The third-order valence-corrected chi connectivity index (χ3v) is 3.05. The van der Waals surface area contributed by atoms with Gasteiger partial charge in [-0.15, -0.1) is 0 Å². The van der Waals surface area contributed by atoms with Crippen molar-refractivity contribution in [3.8, 4) is 0 Å². The van der Waals surface area contributed by atoms with E-state index in [1.54, 1.807) is 0 Å². The second-order valence-electron chi connectivity index (χ2n) is 4.45. The van der Waals surface area contributed by atoms with Crippen molar-refractivity contribution >= 4 is 23.3 Å². The number of anilines is 2. The number of carbonyl (C=O) groups excluding carboxylic acids is 1. The number of hydrogen-bond donors (Lipinski definition) is 2. The highest BCUT2D eigenvalue weighted by molar-refractivity contribution is 6.06. The topological polar surface area (TPSA) is 83.6 Å². The quantitative estimate of drug-likeness (QED) is 0.849. The van der Waals surface area contributed by atoms with Crippen molar-refractivity contribution in [2.24, 2.45) is 0 Å². The molecule has 2 aromatic rings. The van der Waals surface area contributed by atoms with Crippen LogP contribution in [0.2, 0.25) is 0 Å². The number of aromatic carboxylic acids is 1. The average Bonchev–Trinajstić information content (AvgIpc) is 2.48. The Morgan fingerprint density at radius 1 is 1.10 bits per heavy atom. The largest absolute Gasteiger partial charge is 0.478 e. The summed E-state index contributed by atoms with van der Waals surface area (Å²) in [6.07, 6.45) is 0. The first-order valence-corrected chi connectivity index (χ1v) is 6.06. The number of rotatable bonds is 3. The van der Waals surface area contributed by atoms with Crippen molar-refractivity contribution in [2.45, 2.75) is 0 Å². The minimum atomic E-state index is -1.05. The van der Waals surface area contributed by atoms with Crippen molar-refractivity contribution in [3.63, 3.8) is 0 Å². The lowest BCUT2D eigenvalue weighted by atomic mass is 10.1. The molecule has 3 N–H and O–H groups in total. The molecule has 0 fully saturated rings. The van der Waals surface area contributed by atoms with Gasteiger partial charge in [-0.3, -0.25) is 4.79 Å². The van der Waals surface area contributed by atoms with Crippen LogP contribution in [0.3, 0.4) is 0 Å². The first-order valence-electron chi connectivity index (χ1n) is 6.06. The summed E-state index contributed by atoms with van der Waals surface area (Å²) < 4.78 is 13.4. The maximum atomic E-state index is 13.4. The Balaban J connectivity index is 2.25. The molecule has 0 saturated carbocycles. The first kappa shape index (κ1) is 14.5. The number of carboxylic acid groups (broad SMARTS) is 1. The molecule has 6 heteroatoms. The average molecular weight is 288 g/mol. The molecule has 2 rings (SSSR count). The summed E-state index contributed by atoms with van der Waals surface area (Å²) in [5, 5.41) is 8.82. The van der Waals surface area contributed by atoms with Crippen LogP contribution in [0.15, 0.2) is 42.5 Å². The Morgan fingerprint density at radius 3 is 2.19 bits per heavy atom. The summed E-state index contributed by atoms with van der Waals surface area (Å²) in [5.74, 6) is -2.12. The van der Waals surface area contributed by atoms with Crippen LogP contribution in [-0.4, -0.2) is 24.0 Å². The standard InChI is InChI=1S/C15H13FN2O3/c1-18(11-5-2-9(3-6-11)15(20)21)14(19)10-4-7-13(17)12(16)8-10/h2-8H,17H2,1H3,(H,20,21). The van der Waals surface area contributed by atoms with Crippen LogP contribution in [-0.2, 0) is 0 Å². The number of carboxylic acids is 1. The van der Waals surface area contributed by atoms with E-state index in [0.717, 1.165) is 6.07 Å². The van der Waals surface area contributed by atoms with Gasteiger partial charge in [0, 0.05) is 18.3 Å². The van der Waals surface area contributed by atoms with Gasteiger partial charge in [-0.2, -0.15) is 0 Å². The number of halogens is 1. The summed E-state index contributed by atoms with van der Waals surface area (Å²) in [5.41, 5.74) is 6.12. The number of hydrogen-bond acceptors (Lipinski definition) is 3. The molecule has 2 aromatic carbocycles. The summed E-state index contributed by atoms with van der Waals surface area (Å²) in [6, 6.07) is 9.63. The molecule has 108 valence electrons. The molecule has 0 spiro atoms. The summed E-state index contributed by atoms with van der Waals surface area (Å²) in [7, 11) is 1.52. The molecule has 21 heavy (non-hydrogen) atoms. The minimum Gasteiger partial charge on any atom is -0.478 e. The Bertz CT molecular complexity index is 699. The SMILES string of the molecule is CN(C(=O)c1ccc(N)c(F)c1)c1ccc(C(=O)O)cc1. The molecule has 5 nitrogen and oxygen atoms in total. The van der Waals surface area contributed by atoms with Crippen LogP contribution < -0.4 is 10.6 Å². The number of carbonyl (C=O) groups is 2. The van der Waals surface area contributed by atoms with Crippen molar-refractivity contribution in [1.82, 2.24) is 0 Å². The van der Waals surface area contributed by atoms with E-state index in [1.165, 1.54) is 48.3 Å². The van der Waals surface area contributed by atoms with Gasteiger partial charge in [0.1, 0.15) is 5.82 Å². The summed E-state index contributed by atoms with van der Waals surface area (Å²) >= 11 is 0. The first-order chi connectivity index (χ1) is 9.90. The van der Waals surface area contributed by atoms with Gasteiger partial charge in [0.15, 0.2) is 0 Å². The van der Waals surface area contributed by atoms with Gasteiger partial charge in [-0.25, -0.2) is 9.18 Å². The fraction of sp³-hybridized carbons (Fsp3) is 0.0667. The molecule has 0 heterocycles. The molecule has 1 amide bonds. The van der Waals surface area contributed by atoms with E-state index in [1.807, 2.05) is 0 Å². The highest BCUT2D eigenvalue weighted by Crippen LogP contribution is 2.18. The number of amides is 1. The van der Waals surface area contributed by atoms with Crippen LogP contribution in [0.5, 0.6) is 0 Å². The fourth-order valence-electron chi connectivity index (χ4n) is 1.80. The maximum Gasteiger partial charge on any atom is 0.335 e. The highest BCUT2D eigenvalue weighted by atomic mass is 19.1. The van der Waals surface area contributed by atoms with E-state index in [2.05, 4.69) is 0 Å². The van der Waals surface area contributed by atoms with Crippen molar-refractivity contribution in [1.29, 1.82) is 0 Å². The lowest BCUT2D eigenvalue weighted by molar-refractivity contribution is 0.0696. The molecule has 0 aliphatic carbocycles. The van der Waals surface area contributed by atoms with Gasteiger partial charge in [-0.1, -0.05) is 0 Å². The van der Waals surface area contributed by atoms with Gasteiger partial charge in [0.25, 0.3) is 5.91 Å². The summed E-state index contributed by atoms with van der Waals surface area (Å²) in [6.45, 7) is 0. The lowest BCUT2D eigenvalue weighted by Crippen LogP contribution is -2.26. The van der Waals surface area contributed by atoms with E-state index in [-0.39, 0.29) is 16.8 Å². The Kier molecular flexibility index (Phi) is 3.89. The molecule has 0 saturated heterocycles. The predicted octanol–water partition coefficient (Wildman–Crippen LogP) is 2.38. The number of nitrogen functional groups attached to an aromatic ring is 1. The molecular weight excluding hydrogens is 275 g/mol. The number of nitrogens with zero attached hydrogens (tertiary/aromatic N) is 1. The van der Waals surface area contributed by atoms with Crippen LogP contribution in [0.1, 0.15) is 20.7 Å². The van der Waals surface area contributed by atoms with E-state index >= 15 is 0 Å². The van der Waals surface area contributed by atoms with Crippen LogP contribution >= 0.6 is 0 Å². The zero-order valence-corrected chi connectivity index (χ0v) is 11.2. The second-order valence-corrected chi connectivity index (χ2v) is 4.45. The van der Waals surface area contributed by atoms with Crippen LogP contribution in [0.4, 0.5) is 15.8 Å². The lowest BCUT2D eigenvalue weighted by Gasteiger charge is -2.17. The molecular formula is C15H13FN2O3. The summed E-state index contributed by atoms with van der Waals surface area (Å²) in [4.78, 5) is 24.3. The Labute approximate surface area is 120 Å². The molecule has 0 radical (unpaired) electrons. The molecule has 0 aromatic heterocycles. The van der Waals surface area contributed by atoms with Crippen molar-refractivity contribution < 1.29 is 19.1 Å². The van der Waals surface area contributed by atoms with E-state index in [0.29, 0.717) is 5.69 Å². The zero-order chi connectivity index (χ0) is 15.6. The normalized spacial score (nSPS) is 10.2. The van der Waals surface area contributed by atoms with Crippen molar-refractivity contribution in [2.75, 3.05) is 17.7 Å². The molecule has 0 bridgehead atoms. The van der Waals surface area contributed by atoms with Crippen molar-refractivity contribution in [3.05, 3.63) is 59.4 Å². The molecule has 0 aliphatic heterocycles. The molecule has 0 aliphatic rings. The predicted molar refractivity (Wildman–Crippen MR) is 76.9 cm³/mol. The Morgan fingerprint density at radius 2 is 1.67 bits per heavy atom. The van der Waals surface area contributed by atoms with Gasteiger partial charge in [0.2, 0.25) is 0 Å². The smallest absolute Gasteiger partial charge is 0.335 e. The van der Waals surface area contributed by atoms with E-state index in [4.69, 9.17) is 10.8 Å². The van der Waals surface area contributed by atoms with Crippen LogP contribution in [0.25, 0.3) is 0 Å².